The Bertz CT molecular complexity index is 3450. The molecule has 10 aromatic rings. The fraction of sp³-hybridized carbons (Fsp3) is 0. The predicted octanol–water partition coefficient (Wildman–Crippen LogP) is 12.2. The molecule has 274 valence electrons. The van der Waals surface area contributed by atoms with Gasteiger partial charge in [0.15, 0.2) is 0 Å². The van der Waals surface area contributed by atoms with E-state index in [2.05, 4.69) is 75.9 Å². The third kappa shape index (κ3) is 5.47. The maximum absolute atomic E-state index is 10.8. The van der Waals surface area contributed by atoms with Crippen molar-refractivity contribution in [2.45, 2.75) is 0 Å². The van der Waals surface area contributed by atoms with Crippen molar-refractivity contribution in [1.29, 1.82) is 26.3 Å². The smallest absolute Gasteiger partial charge is 0.0998 e. The van der Waals surface area contributed by atoms with E-state index < -0.39 is 0 Å². The van der Waals surface area contributed by atoms with Crippen molar-refractivity contribution >= 4 is 43.6 Å². The summed E-state index contributed by atoms with van der Waals surface area (Å²) >= 11 is 0. The molecule has 0 aliphatic rings. The Kier molecular flexibility index (Phi) is 8.27. The fourth-order valence-electron chi connectivity index (χ4n) is 8.69. The van der Waals surface area contributed by atoms with Crippen molar-refractivity contribution < 1.29 is 0 Å². The Morgan fingerprint density at radius 1 is 0.317 bits per heavy atom. The monoisotopic (exact) mass is 761 g/mol. The highest BCUT2D eigenvalue weighted by atomic mass is 15.0. The maximum Gasteiger partial charge on any atom is 0.0998 e. The molecule has 0 amide bonds. The molecule has 0 saturated carbocycles. The Hall–Kier alpha value is -9.19. The van der Waals surface area contributed by atoms with Crippen molar-refractivity contribution in [3.05, 3.63) is 192 Å². The van der Waals surface area contributed by atoms with Crippen LogP contribution in [-0.4, -0.2) is 9.13 Å². The van der Waals surface area contributed by atoms with E-state index in [1.807, 2.05) is 109 Å². The standard InChI is InChI=1S/C53H27N7/c54-28-33-21-34(29-55)23-40(22-33)53-51(59-47-15-7-5-13-43(47)45-26-36(17-19-49(45)59)41-11-3-1-9-38(41)31-57)24-35(30-56)25-52(53)60-48-16-8-6-14-44(48)46-27-37(18-20-50(46)60)42-12-4-2-10-39(42)32-58/h1-27H. The van der Waals surface area contributed by atoms with Gasteiger partial charge in [0.2, 0.25) is 0 Å². The normalized spacial score (nSPS) is 10.9. The maximum atomic E-state index is 10.8. The van der Waals surface area contributed by atoms with Gasteiger partial charge in [0.05, 0.1) is 91.6 Å². The molecule has 7 nitrogen and oxygen atoms in total. The molecule has 0 bridgehead atoms. The second-order valence-electron chi connectivity index (χ2n) is 14.5. The van der Waals surface area contributed by atoms with Gasteiger partial charge in [-0.05, 0) is 107 Å². The molecule has 0 aliphatic carbocycles. The van der Waals surface area contributed by atoms with Crippen molar-refractivity contribution in [1.82, 2.24) is 9.13 Å². The number of para-hydroxylation sites is 2. The predicted molar refractivity (Wildman–Crippen MR) is 235 cm³/mol. The van der Waals surface area contributed by atoms with Crippen LogP contribution in [0, 0.1) is 56.7 Å². The van der Waals surface area contributed by atoms with E-state index in [4.69, 9.17) is 0 Å². The first kappa shape index (κ1) is 35.2. The van der Waals surface area contributed by atoms with Crippen molar-refractivity contribution in [3.63, 3.8) is 0 Å². The largest absolute Gasteiger partial charge is 0.308 e. The summed E-state index contributed by atoms with van der Waals surface area (Å²) in [6.45, 7) is 0. The Balaban J connectivity index is 1.35. The summed E-state index contributed by atoms with van der Waals surface area (Å²) in [6.07, 6.45) is 0. The number of hydrogen-bond acceptors (Lipinski definition) is 5. The Morgan fingerprint density at radius 3 is 1.17 bits per heavy atom. The first-order valence-electron chi connectivity index (χ1n) is 19.1. The van der Waals surface area contributed by atoms with Gasteiger partial charge in [-0.2, -0.15) is 26.3 Å². The Morgan fingerprint density at radius 2 is 0.717 bits per heavy atom. The first-order valence-corrected chi connectivity index (χ1v) is 19.1. The van der Waals surface area contributed by atoms with Gasteiger partial charge in [-0.3, -0.25) is 0 Å². The molecule has 8 aromatic carbocycles. The second-order valence-corrected chi connectivity index (χ2v) is 14.5. The van der Waals surface area contributed by atoms with Crippen molar-refractivity contribution in [2.75, 3.05) is 0 Å². The number of nitrogens with zero attached hydrogens (tertiary/aromatic N) is 7. The lowest BCUT2D eigenvalue weighted by molar-refractivity contribution is 1.13. The minimum Gasteiger partial charge on any atom is -0.308 e. The number of rotatable bonds is 5. The van der Waals surface area contributed by atoms with Crippen LogP contribution in [0.3, 0.4) is 0 Å². The van der Waals surface area contributed by atoms with Gasteiger partial charge in [0.25, 0.3) is 0 Å². The van der Waals surface area contributed by atoms with Crippen molar-refractivity contribution in [3.8, 4) is 75.1 Å². The molecule has 10 rings (SSSR count). The van der Waals surface area contributed by atoms with Crippen LogP contribution in [0.2, 0.25) is 0 Å². The van der Waals surface area contributed by atoms with Crippen LogP contribution in [0.4, 0.5) is 0 Å². The van der Waals surface area contributed by atoms with Gasteiger partial charge in [0, 0.05) is 27.1 Å². The SMILES string of the molecule is N#Cc1cc(C#N)cc(-c2c(-n3c4ccccc4c4cc(-c5ccccc5C#N)ccc43)cc(C#N)cc2-n2c3ccccc3c3cc(-c4ccccc4C#N)ccc32)c1. The van der Waals surface area contributed by atoms with Gasteiger partial charge < -0.3 is 9.13 Å². The number of nitriles is 5. The lowest BCUT2D eigenvalue weighted by atomic mass is 9.95. The van der Waals surface area contributed by atoms with Crippen LogP contribution in [0.25, 0.3) is 88.4 Å². The summed E-state index contributed by atoms with van der Waals surface area (Å²) < 4.78 is 4.31. The number of hydrogen-bond donors (Lipinski definition) is 0. The van der Waals surface area contributed by atoms with E-state index in [1.165, 1.54) is 0 Å². The second kappa shape index (κ2) is 14.1. The highest BCUT2D eigenvalue weighted by molar-refractivity contribution is 6.13. The topological polar surface area (TPSA) is 129 Å². The van der Waals surface area contributed by atoms with Crippen molar-refractivity contribution in [2.24, 2.45) is 0 Å². The first-order chi connectivity index (χ1) is 29.5. The molecule has 7 heteroatoms. The van der Waals surface area contributed by atoms with E-state index >= 15 is 0 Å². The lowest BCUT2D eigenvalue weighted by Gasteiger charge is -2.21. The van der Waals surface area contributed by atoms with E-state index in [0.29, 0.717) is 50.3 Å². The van der Waals surface area contributed by atoms with Gasteiger partial charge in [0.1, 0.15) is 0 Å². The third-order valence-corrected chi connectivity index (χ3v) is 11.2. The molecule has 2 heterocycles. The quantitative estimate of drug-likeness (QED) is 0.172. The highest BCUT2D eigenvalue weighted by Crippen LogP contribution is 2.44. The van der Waals surface area contributed by atoms with Crippen LogP contribution in [-0.2, 0) is 0 Å². The van der Waals surface area contributed by atoms with Gasteiger partial charge in [-0.1, -0.05) is 84.9 Å². The van der Waals surface area contributed by atoms with E-state index in [0.717, 1.165) is 65.9 Å². The number of benzene rings is 8. The highest BCUT2D eigenvalue weighted by Gasteiger charge is 2.24. The average molecular weight is 762 g/mol. The summed E-state index contributed by atoms with van der Waals surface area (Å²) in [5.74, 6) is 0. The molecular weight excluding hydrogens is 735 g/mol. The van der Waals surface area contributed by atoms with Crippen LogP contribution >= 0.6 is 0 Å². The van der Waals surface area contributed by atoms with E-state index in [-0.39, 0.29) is 0 Å². The molecule has 0 N–H and O–H groups in total. The minimum absolute atomic E-state index is 0.330. The van der Waals surface area contributed by atoms with Gasteiger partial charge in [-0.15, -0.1) is 0 Å². The molecular formula is C53H27N7. The van der Waals surface area contributed by atoms with Crippen LogP contribution in [0.5, 0.6) is 0 Å². The summed E-state index contributed by atoms with van der Waals surface area (Å²) in [6, 6.07) is 64.2. The molecule has 0 unspecified atom stereocenters. The zero-order chi connectivity index (χ0) is 40.9. The van der Waals surface area contributed by atoms with Gasteiger partial charge in [-0.25, -0.2) is 0 Å². The zero-order valence-electron chi connectivity index (χ0n) is 31.7. The van der Waals surface area contributed by atoms with Crippen LogP contribution in [0.1, 0.15) is 27.8 Å². The molecule has 0 radical (unpaired) electrons. The van der Waals surface area contributed by atoms with Gasteiger partial charge >= 0.3 is 0 Å². The molecule has 0 aliphatic heterocycles. The molecule has 0 atom stereocenters. The molecule has 0 saturated heterocycles. The van der Waals surface area contributed by atoms with E-state index in [9.17, 15) is 26.3 Å². The zero-order valence-corrected chi connectivity index (χ0v) is 31.7. The summed E-state index contributed by atoms with van der Waals surface area (Å²) in [4.78, 5) is 0. The summed E-state index contributed by atoms with van der Waals surface area (Å²) in [7, 11) is 0. The lowest BCUT2D eigenvalue weighted by Crippen LogP contribution is -2.05. The third-order valence-electron chi connectivity index (χ3n) is 11.2. The fourth-order valence-corrected chi connectivity index (χ4v) is 8.69. The molecule has 2 aromatic heterocycles. The van der Waals surface area contributed by atoms with Crippen LogP contribution in [0.15, 0.2) is 164 Å². The molecule has 60 heavy (non-hydrogen) atoms. The van der Waals surface area contributed by atoms with Crippen LogP contribution < -0.4 is 0 Å². The van der Waals surface area contributed by atoms with E-state index in [1.54, 1.807) is 18.2 Å². The summed E-state index contributed by atoms with van der Waals surface area (Å²) in [5.41, 5.74) is 11.9. The minimum atomic E-state index is 0.330. The summed E-state index contributed by atoms with van der Waals surface area (Å²) in [5, 5.41) is 55.1. The molecule has 0 fully saturated rings. The number of aromatic nitrogens is 2. The average Bonchev–Trinajstić information content (AvgIpc) is 3.82. The number of fused-ring (bicyclic) bond motifs is 6. The Labute approximate surface area is 344 Å². The molecule has 0 spiro atoms.